The van der Waals surface area contributed by atoms with Crippen LogP contribution in [0, 0.1) is 11.6 Å². The molecule has 0 fully saturated rings. The van der Waals surface area contributed by atoms with Gasteiger partial charge in [-0.25, -0.2) is 21.9 Å². The summed E-state index contributed by atoms with van der Waals surface area (Å²) in [5.74, 6) is -2.10. The first kappa shape index (κ1) is 18.7. The Morgan fingerprint density at radius 3 is 2.41 bits per heavy atom. The van der Waals surface area contributed by atoms with Crippen molar-refractivity contribution in [3.05, 3.63) is 83.8 Å². The third kappa shape index (κ3) is 4.57. The van der Waals surface area contributed by atoms with Gasteiger partial charge in [0.2, 0.25) is 10.0 Å². The Morgan fingerprint density at radius 1 is 1.04 bits per heavy atom. The molecule has 0 aliphatic heterocycles. The lowest BCUT2D eigenvalue weighted by atomic mass is 10.2. The van der Waals surface area contributed by atoms with Crippen LogP contribution in [0.25, 0.3) is 0 Å². The number of hydrogen-bond acceptors (Lipinski definition) is 4. The molecule has 0 atom stereocenters. The first-order valence-corrected chi connectivity index (χ1v) is 9.22. The van der Waals surface area contributed by atoms with Crippen molar-refractivity contribution in [2.45, 2.75) is 11.4 Å². The van der Waals surface area contributed by atoms with Gasteiger partial charge in [-0.05, 0) is 48.5 Å². The zero-order valence-corrected chi connectivity index (χ0v) is 14.6. The molecule has 0 bridgehead atoms. The maximum absolute atomic E-state index is 13.6. The van der Waals surface area contributed by atoms with Gasteiger partial charge >= 0.3 is 0 Å². The molecule has 2 aromatic carbocycles. The van der Waals surface area contributed by atoms with Crippen molar-refractivity contribution in [1.82, 2.24) is 4.72 Å². The van der Waals surface area contributed by atoms with Crippen LogP contribution in [-0.4, -0.2) is 14.3 Å². The van der Waals surface area contributed by atoms with E-state index in [1.165, 1.54) is 30.5 Å². The molecule has 27 heavy (non-hydrogen) atoms. The van der Waals surface area contributed by atoms with E-state index in [0.717, 1.165) is 12.1 Å². The molecule has 0 aliphatic carbocycles. The van der Waals surface area contributed by atoms with E-state index in [1.807, 2.05) is 0 Å². The fourth-order valence-electron chi connectivity index (χ4n) is 2.25. The van der Waals surface area contributed by atoms with Crippen LogP contribution in [0.5, 0.6) is 0 Å². The van der Waals surface area contributed by atoms with E-state index < -0.39 is 27.6 Å². The molecular weight excluding hydrogens is 378 g/mol. The largest absolute Gasteiger partial charge is 0.468 e. The minimum Gasteiger partial charge on any atom is -0.468 e. The summed E-state index contributed by atoms with van der Waals surface area (Å²) < 4.78 is 58.4. The average molecular weight is 392 g/mol. The smallest absolute Gasteiger partial charge is 0.258 e. The first-order valence-electron chi connectivity index (χ1n) is 7.74. The normalized spacial score (nSPS) is 11.3. The number of amides is 1. The molecule has 0 unspecified atom stereocenters. The third-order valence-corrected chi connectivity index (χ3v) is 5.03. The van der Waals surface area contributed by atoms with Gasteiger partial charge in [-0.15, -0.1) is 0 Å². The fraction of sp³-hybridized carbons (Fsp3) is 0.0556. The lowest BCUT2D eigenvalue weighted by Crippen LogP contribution is -2.23. The molecule has 0 aliphatic rings. The van der Waals surface area contributed by atoms with Gasteiger partial charge in [0.05, 0.1) is 23.3 Å². The Kier molecular flexibility index (Phi) is 5.33. The number of nitrogens with one attached hydrogen (secondary N) is 2. The molecule has 0 saturated heterocycles. The Bertz CT molecular complexity index is 1050. The second-order valence-electron chi connectivity index (χ2n) is 5.51. The van der Waals surface area contributed by atoms with Gasteiger partial charge in [-0.2, -0.15) is 0 Å². The van der Waals surface area contributed by atoms with Crippen LogP contribution < -0.4 is 10.0 Å². The maximum Gasteiger partial charge on any atom is 0.258 e. The summed E-state index contributed by atoms with van der Waals surface area (Å²) in [4.78, 5) is 12.0. The molecule has 3 rings (SSSR count). The second-order valence-corrected chi connectivity index (χ2v) is 7.27. The van der Waals surface area contributed by atoms with Crippen molar-refractivity contribution in [3.8, 4) is 0 Å². The summed E-state index contributed by atoms with van der Waals surface area (Å²) in [5, 5.41) is 2.42. The molecule has 140 valence electrons. The lowest BCUT2D eigenvalue weighted by Gasteiger charge is -2.08. The van der Waals surface area contributed by atoms with E-state index in [1.54, 1.807) is 12.1 Å². The van der Waals surface area contributed by atoms with Crippen LogP contribution >= 0.6 is 0 Å². The van der Waals surface area contributed by atoms with Crippen molar-refractivity contribution >= 4 is 21.6 Å². The number of rotatable bonds is 6. The van der Waals surface area contributed by atoms with E-state index in [2.05, 4.69) is 10.0 Å². The molecule has 0 saturated carbocycles. The van der Waals surface area contributed by atoms with E-state index in [-0.39, 0.29) is 22.7 Å². The van der Waals surface area contributed by atoms with E-state index >= 15 is 0 Å². The van der Waals surface area contributed by atoms with E-state index in [9.17, 15) is 22.0 Å². The Morgan fingerprint density at radius 2 is 1.78 bits per heavy atom. The van der Waals surface area contributed by atoms with Crippen molar-refractivity contribution in [2.24, 2.45) is 0 Å². The van der Waals surface area contributed by atoms with Crippen molar-refractivity contribution in [1.29, 1.82) is 0 Å². The highest BCUT2D eigenvalue weighted by molar-refractivity contribution is 7.89. The summed E-state index contributed by atoms with van der Waals surface area (Å²) in [5.41, 5.74) is -0.0677. The number of furan rings is 1. The van der Waals surface area contributed by atoms with Crippen LogP contribution in [0.15, 0.2) is 70.2 Å². The summed E-state index contributed by atoms with van der Waals surface area (Å²) in [6, 6.07) is 11.2. The topological polar surface area (TPSA) is 88.4 Å². The number of hydrogen-bond donors (Lipinski definition) is 2. The molecular formula is C18H14F2N2O4S. The number of carbonyl (C=O) groups is 1. The van der Waals surface area contributed by atoms with Crippen LogP contribution in [0.1, 0.15) is 16.1 Å². The molecule has 0 radical (unpaired) electrons. The first-order chi connectivity index (χ1) is 12.8. The third-order valence-electron chi connectivity index (χ3n) is 3.61. The fourth-order valence-corrected chi connectivity index (χ4v) is 3.25. The lowest BCUT2D eigenvalue weighted by molar-refractivity contribution is 0.102. The zero-order chi connectivity index (χ0) is 19.4. The molecule has 0 spiro atoms. The van der Waals surface area contributed by atoms with E-state index in [0.29, 0.717) is 11.8 Å². The highest BCUT2D eigenvalue weighted by Crippen LogP contribution is 2.17. The second kappa shape index (κ2) is 7.68. The van der Waals surface area contributed by atoms with E-state index in [4.69, 9.17) is 4.42 Å². The number of anilines is 1. The van der Waals surface area contributed by atoms with Gasteiger partial charge in [-0.3, -0.25) is 4.79 Å². The molecule has 1 amide bonds. The Hall–Kier alpha value is -3.04. The summed E-state index contributed by atoms with van der Waals surface area (Å²) in [7, 11) is -3.77. The molecule has 1 aromatic heterocycles. The SMILES string of the molecule is O=C(Nc1ccc(S(=O)(=O)NCc2ccco2)cc1)c1ccc(F)cc1F. The van der Waals surface area contributed by atoms with Crippen LogP contribution in [0.2, 0.25) is 0 Å². The standard InChI is InChI=1S/C18H14F2N2O4S/c19-12-3-8-16(17(20)10-12)18(23)22-13-4-6-15(7-5-13)27(24,25)21-11-14-2-1-9-26-14/h1-10,21H,11H2,(H,22,23). The van der Waals surface area contributed by atoms with Crippen LogP contribution in [-0.2, 0) is 16.6 Å². The maximum atomic E-state index is 13.6. The van der Waals surface area contributed by atoms with Gasteiger partial charge in [0, 0.05) is 11.8 Å². The van der Waals surface area contributed by atoms with Gasteiger partial charge in [0.15, 0.2) is 0 Å². The predicted octanol–water partition coefficient (Wildman–Crippen LogP) is 3.29. The Labute approximate surface area is 153 Å². The zero-order valence-electron chi connectivity index (χ0n) is 13.8. The van der Waals surface area contributed by atoms with Crippen LogP contribution in [0.3, 0.4) is 0 Å². The number of halogens is 2. The van der Waals surface area contributed by atoms with Gasteiger partial charge in [-0.1, -0.05) is 0 Å². The minimum atomic E-state index is -3.77. The summed E-state index contributed by atoms with van der Waals surface area (Å²) >= 11 is 0. The van der Waals surface area contributed by atoms with Crippen LogP contribution in [0.4, 0.5) is 14.5 Å². The molecule has 9 heteroatoms. The molecule has 3 aromatic rings. The Balaban J connectivity index is 1.68. The predicted molar refractivity (Wildman–Crippen MR) is 93.5 cm³/mol. The average Bonchev–Trinajstić information content (AvgIpc) is 3.14. The van der Waals surface area contributed by atoms with Gasteiger partial charge < -0.3 is 9.73 Å². The molecule has 2 N–H and O–H groups in total. The van der Waals surface area contributed by atoms with Gasteiger partial charge in [0.1, 0.15) is 17.4 Å². The minimum absolute atomic E-state index is 0.00232. The number of carbonyl (C=O) groups excluding carboxylic acids is 1. The molecule has 6 nitrogen and oxygen atoms in total. The van der Waals surface area contributed by atoms with Crippen molar-refractivity contribution < 1.29 is 26.4 Å². The number of benzene rings is 2. The monoisotopic (exact) mass is 392 g/mol. The quantitative estimate of drug-likeness (QED) is 0.674. The highest BCUT2D eigenvalue weighted by Gasteiger charge is 2.16. The van der Waals surface area contributed by atoms with Crippen molar-refractivity contribution in [3.63, 3.8) is 0 Å². The highest BCUT2D eigenvalue weighted by atomic mass is 32.2. The molecule has 1 heterocycles. The summed E-state index contributed by atoms with van der Waals surface area (Å²) in [6.45, 7) is -0.00232. The van der Waals surface area contributed by atoms with Crippen molar-refractivity contribution in [2.75, 3.05) is 5.32 Å². The number of sulfonamides is 1. The summed E-state index contributed by atoms with van der Waals surface area (Å²) in [6.07, 6.45) is 1.44. The van der Waals surface area contributed by atoms with Gasteiger partial charge in [0.25, 0.3) is 5.91 Å².